The van der Waals surface area contributed by atoms with Crippen LogP contribution in [0.25, 0.3) is 0 Å². The molecule has 0 N–H and O–H groups in total. The molecule has 2 aliphatic carbocycles. The predicted molar refractivity (Wildman–Crippen MR) is 80.8 cm³/mol. The zero-order valence-corrected chi connectivity index (χ0v) is 12.2. The van der Waals surface area contributed by atoms with Gasteiger partial charge in [-0.2, -0.15) is 0 Å². The first-order chi connectivity index (χ1) is 9.13. The molecule has 0 amide bonds. The van der Waals surface area contributed by atoms with Gasteiger partial charge in [-0.05, 0) is 60.9 Å². The number of allylic oxidation sites excluding steroid dienone is 1. The van der Waals surface area contributed by atoms with Crippen LogP contribution in [0.1, 0.15) is 32.6 Å². The minimum absolute atomic E-state index is 0.511. The maximum atomic E-state index is 5.99. The van der Waals surface area contributed by atoms with Crippen LogP contribution in [0.3, 0.4) is 0 Å². The van der Waals surface area contributed by atoms with E-state index in [1.54, 1.807) is 5.57 Å². The van der Waals surface area contributed by atoms with Gasteiger partial charge >= 0.3 is 0 Å². The van der Waals surface area contributed by atoms with Crippen molar-refractivity contribution >= 4 is 17.3 Å². The Morgan fingerprint density at radius 1 is 1.21 bits per heavy atom. The average molecular weight is 274 g/mol. The molecule has 1 aliphatic heterocycles. The molecule has 100 valence electrons. The molecular formula is C17H20ClN. The number of anilines is 1. The van der Waals surface area contributed by atoms with E-state index in [1.807, 2.05) is 12.1 Å². The van der Waals surface area contributed by atoms with E-state index in [4.69, 9.17) is 11.6 Å². The number of hydrogen-bond acceptors (Lipinski definition) is 1. The van der Waals surface area contributed by atoms with Crippen LogP contribution < -0.4 is 4.90 Å². The Morgan fingerprint density at radius 2 is 2.00 bits per heavy atom. The van der Waals surface area contributed by atoms with E-state index in [2.05, 4.69) is 30.0 Å². The Kier molecular flexibility index (Phi) is 2.36. The molecule has 2 fully saturated rings. The minimum Gasteiger partial charge on any atom is -0.367 e. The third kappa shape index (κ3) is 1.61. The van der Waals surface area contributed by atoms with Crippen LogP contribution in [0.15, 0.2) is 35.9 Å². The average Bonchev–Trinajstić information content (AvgIpc) is 3.01. The molecule has 1 aromatic carbocycles. The van der Waals surface area contributed by atoms with Gasteiger partial charge in [0, 0.05) is 29.2 Å². The van der Waals surface area contributed by atoms with Crippen molar-refractivity contribution in [1.29, 1.82) is 0 Å². The lowest BCUT2D eigenvalue weighted by atomic mass is 9.75. The molecule has 19 heavy (non-hydrogen) atoms. The van der Waals surface area contributed by atoms with E-state index in [0.717, 1.165) is 11.6 Å². The van der Waals surface area contributed by atoms with E-state index in [9.17, 15) is 0 Å². The van der Waals surface area contributed by atoms with Crippen molar-refractivity contribution in [1.82, 2.24) is 0 Å². The Bertz CT molecular complexity index is 547. The van der Waals surface area contributed by atoms with Crippen molar-refractivity contribution in [3.8, 4) is 0 Å². The minimum atomic E-state index is 0.511. The highest BCUT2D eigenvalue weighted by Crippen LogP contribution is 2.73. The van der Waals surface area contributed by atoms with Gasteiger partial charge in [0.1, 0.15) is 0 Å². The van der Waals surface area contributed by atoms with Gasteiger partial charge in [-0.1, -0.05) is 24.6 Å². The number of nitrogens with zero attached hydrogens (tertiary/aromatic N) is 1. The molecule has 0 unspecified atom stereocenters. The van der Waals surface area contributed by atoms with Gasteiger partial charge in [0.2, 0.25) is 0 Å². The maximum Gasteiger partial charge on any atom is 0.0407 e. The number of halogens is 1. The molecule has 1 aromatic rings. The zero-order valence-electron chi connectivity index (χ0n) is 11.5. The van der Waals surface area contributed by atoms with E-state index < -0.39 is 0 Å². The SMILES string of the molecule is C[C@@]12CN(c3ccc(Cl)cc3)CC3=CCCC[C@]31C2. The summed E-state index contributed by atoms with van der Waals surface area (Å²) < 4.78 is 0. The fourth-order valence-corrected chi connectivity index (χ4v) is 4.62. The molecule has 0 bridgehead atoms. The monoisotopic (exact) mass is 273 g/mol. The number of benzene rings is 1. The molecule has 0 radical (unpaired) electrons. The standard InChI is InChI=1S/C17H20ClN/c1-16-11-17(16)9-3-2-4-13(17)10-19(12-16)15-7-5-14(18)6-8-15/h4-8H,2-3,9-12H2,1H3/t16-,17+/m1/s1. The second-order valence-electron chi connectivity index (χ2n) is 6.77. The smallest absolute Gasteiger partial charge is 0.0407 e. The normalized spacial score (nSPS) is 36.3. The lowest BCUT2D eigenvalue weighted by Gasteiger charge is -2.41. The Labute approximate surface area is 120 Å². The van der Waals surface area contributed by atoms with Gasteiger partial charge in [-0.25, -0.2) is 0 Å². The molecule has 1 spiro atoms. The van der Waals surface area contributed by atoms with Crippen LogP contribution in [-0.2, 0) is 0 Å². The number of hydrogen-bond donors (Lipinski definition) is 0. The van der Waals surface area contributed by atoms with Crippen LogP contribution in [-0.4, -0.2) is 13.1 Å². The summed E-state index contributed by atoms with van der Waals surface area (Å²) in [5.74, 6) is 0. The lowest BCUT2D eigenvalue weighted by molar-refractivity contribution is 0.332. The zero-order chi connectivity index (χ0) is 13.1. The topological polar surface area (TPSA) is 3.24 Å². The fourth-order valence-electron chi connectivity index (χ4n) is 4.49. The van der Waals surface area contributed by atoms with Gasteiger partial charge in [-0.15, -0.1) is 0 Å². The van der Waals surface area contributed by atoms with Crippen molar-refractivity contribution in [2.24, 2.45) is 10.8 Å². The second-order valence-corrected chi connectivity index (χ2v) is 7.21. The van der Waals surface area contributed by atoms with Crippen LogP contribution in [0, 0.1) is 10.8 Å². The quantitative estimate of drug-likeness (QED) is 0.672. The van der Waals surface area contributed by atoms with E-state index in [0.29, 0.717) is 10.8 Å². The lowest BCUT2D eigenvalue weighted by Crippen LogP contribution is -2.41. The first-order valence-electron chi connectivity index (χ1n) is 7.33. The molecule has 1 nitrogen and oxygen atoms in total. The fraction of sp³-hybridized carbons (Fsp3) is 0.529. The van der Waals surface area contributed by atoms with Gasteiger partial charge in [0.05, 0.1) is 0 Å². The molecule has 2 atom stereocenters. The van der Waals surface area contributed by atoms with Crippen molar-refractivity contribution in [3.63, 3.8) is 0 Å². The second kappa shape index (κ2) is 3.79. The molecule has 2 heteroatoms. The Balaban J connectivity index is 1.67. The predicted octanol–water partition coefficient (Wildman–Crippen LogP) is 4.67. The molecule has 0 aromatic heterocycles. The summed E-state index contributed by atoms with van der Waals surface area (Å²) in [6.45, 7) is 4.80. The largest absolute Gasteiger partial charge is 0.367 e. The highest BCUT2D eigenvalue weighted by molar-refractivity contribution is 6.30. The summed E-state index contributed by atoms with van der Waals surface area (Å²) in [5.41, 5.74) is 4.12. The van der Waals surface area contributed by atoms with Gasteiger partial charge < -0.3 is 4.90 Å². The van der Waals surface area contributed by atoms with Crippen LogP contribution in [0.4, 0.5) is 5.69 Å². The molecule has 1 saturated carbocycles. The summed E-state index contributed by atoms with van der Waals surface area (Å²) in [5, 5.41) is 0.824. The Morgan fingerprint density at radius 3 is 2.79 bits per heavy atom. The van der Waals surface area contributed by atoms with E-state index >= 15 is 0 Å². The highest BCUT2D eigenvalue weighted by atomic mass is 35.5. The molecule has 1 heterocycles. The molecule has 3 aliphatic rings. The number of rotatable bonds is 1. The molecule has 4 rings (SSSR count). The van der Waals surface area contributed by atoms with Crippen LogP contribution >= 0.6 is 11.6 Å². The van der Waals surface area contributed by atoms with Crippen molar-refractivity contribution in [3.05, 3.63) is 40.9 Å². The van der Waals surface area contributed by atoms with Gasteiger partial charge in [0.25, 0.3) is 0 Å². The van der Waals surface area contributed by atoms with Crippen LogP contribution in [0.2, 0.25) is 5.02 Å². The molecular weight excluding hydrogens is 254 g/mol. The van der Waals surface area contributed by atoms with Gasteiger partial charge in [-0.3, -0.25) is 0 Å². The highest BCUT2D eigenvalue weighted by Gasteiger charge is 2.68. The first kappa shape index (κ1) is 11.8. The van der Waals surface area contributed by atoms with Crippen molar-refractivity contribution in [2.75, 3.05) is 18.0 Å². The summed E-state index contributed by atoms with van der Waals surface area (Å²) in [6.07, 6.45) is 8.01. The van der Waals surface area contributed by atoms with Crippen molar-refractivity contribution < 1.29 is 0 Å². The summed E-state index contributed by atoms with van der Waals surface area (Å²) in [6, 6.07) is 8.32. The van der Waals surface area contributed by atoms with Crippen LogP contribution in [0.5, 0.6) is 0 Å². The van der Waals surface area contributed by atoms with E-state index in [1.165, 1.54) is 37.9 Å². The first-order valence-corrected chi connectivity index (χ1v) is 7.71. The third-order valence-electron chi connectivity index (χ3n) is 5.63. The number of piperidine rings is 1. The summed E-state index contributed by atoms with van der Waals surface area (Å²) >= 11 is 5.99. The van der Waals surface area contributed by atoms with Gasteiger partial charge in [0.15, 0.2) is 0 Å². The maximum absolute atomic E-state index is 5.99. The van der Waals surface area contributed by atoms with E-state index in [-0.39, 0.29) is 0 Å². The summed E-state index contributed by atoms with van der Waals surface area (Å²) in [4.78, 5) is 2.54. The molecule has 1 saturated heterocycles. The third-order valence-corrected chi connectivity index (χ3v) is 5.88. The summed E-state index contributed by atoms with van der Waals surface area (Å²) in [7, 11) is 0. The Hall–Kier alpha value is -0.950. The van der Waals surface area contributed by atoms with Crippen molar-refractivity contribution in [2.45, 2.75) is 32.6 Å².